The van der Waals surface area contributed by atoms with Crippen LogP contribution in [0.4, 0.5) is 11.6 Å². The van der Waals surface area contributed by atoms with Gasteiger partial charge in [0.1, 0.15) is 17.5 Å². The van der Waals surface area contributed by atoms with Crippen molar-refractivity contribution in [3.8, 4) is 0 Å². The number of aryl methyl sites for hydroxylation is 1. The molecule has 1 aliphatic rings. The van der Waals surface area contributed by atoms with Gasteiger partial charge in [0.05, 0.1) is 0 Å². The average Bonchev–Trinajstić information content (AvgIpc) is 3.19. The van der Waals surface area contributed by atoms with E-state index < -0.39 is 0 Å². The molecule has 0 radical (unpaired) electrons. The molecular formula is C12H21N5. The molecular weight excluding hydrogens is 214 g/mol. The monoisotopic (exact) mass is 235 g/mol. The third kappa shape index (κ3) is 2.85. The lowest BCUT2D eigenvalue weighted by Gasteiger charge is -2.23. The van der Waals surface area contributed by atoms with Crippen molar-refractivity contribution < 1.29 is 0 Å². The predicted octanol–water partition coefficient (Wildman–Crippen LogP) is 1.70. The number of hydrogen-bond donors (Lipinski definition) is 2. The van der Waals surface area contributed by atoms with Gasteiger partial charge in [0.2, 0.25) is 0 Å². The van der Waals surface area contributed by atoms with Crippen LogP contribution >= 0.6 is 0 Å². The smallest absolute Gasteiger partial charge is 0.145 e. The molecule has 0 spiro atoms. The van der Waals surface area contributed by atoms with Gasteiger partial charge in [-0.2, -0.15) is 0 Å². The van der Waals surface area contributed by atoms with E-state index in [9.17, 15) is 0 Å². The van der Waals surface area contributed by atoms with Crippen molar-refractivity contribution in [3.63, 3.8) is 0 Å². The Bertz CT molecular complexity index is 353. The summed E-state index contributed by atoms with van der Waals surface area (Å²) in [7, 11) is 0. The van der Waals surface area contributed by atoms with Gasteiger partial charge >= 0.3 is 0 Å². The molecule has 0 unspecified atom stereocenters. The minimum absolute atomic E-state index is 0.667. The zero-order chi connectivity index (χ0) is 12.3. The Labute approximate surface area is 102 Å². The predicted molar refractivity (Wildman–Crippen MR) is 69.9 cm³/mol. The lowest BCUT2D eigenvalue weighted by molar-refractivity contribution is 0.742. The van der Waals surface area contributed by atoms with Gasteiger partial charge in [0.15, 0.2) is 0 Å². The van der Waals surface area contributed by atoms with Crippen LogP contribution in [0.15, 0.2) is 6.07 Å². The van der Waals surface area contributed by atoms with Crippen LogP contribution in [0, 0.1) is 0 Å². The number of nitrogens with two attached hydrogens (primary N) is 1. The molecule has 5 nitrogen and oxygen atoms in total. The summed E-state index contributed by atoms with van der Waals surface area (Å²) in [5.41, 5.74) is 2.62. The molecule has 2 rings (SSSR count). The maximum Gasteiger partial charge on any atom is 0.145 e. The standard InChI is InChI=1S/C12H21N5/c1-3-7-17(9-5-6-9)12-8-11(16-13)14-10(4-2)15-12/h8-9H,3-7,13H2,1-2H3,(H,14,15,16). The van der Waals surface area contributed by atoms with Crippen LogP contribution in [-0.4, -0.2) is 22.6 Å². The van der Waals surface area contributed by atoms with Crippen LogP contribution < -0.4 is 16.2 Å². The number of nitrogen functional groups attached to an aromatic ring is 1. The summed E-state index contributed by atoms with van der Waals surface area (Å²) in [5, 5.41) is 0. The minimum Gasteiger partial charge on any atom is -0.353 e. The van der Waals surface area contributed by atoms with Gasteiger partial charge in [-0.15, -0.1) is 0 Å². The minimum atomic E-state index is 0.667. The fourth-order valence-electron chi connectivity index (χ4n) is 1.97. The number of nitrogens with zero attached hydrogens (tertiary/aromatic N) is 3. The van der Waals surface area contributed by atoms with Crippen molar-refractivity contribution in [2.75, 3.05) is 16.9 Å². The zero-order valence-corrected chi connectivity index (χ0v) is 10.6. The summed E-state index contributed by atoms with van der Waals surface area (Å²) in [6.07, 6.45) is 4.51. The lowest BCUT2D eigenvalue weighted by atomic mass is 10.3. The molecule has 0 amide bonds. The molecule has 0 aromatic carbocycles. The zero-order valence-electron chi connectivity index (χ0n) is 10.6. The maximum absolute atomic E-state index is 5.45. The highest BCUT2D eigenvalue weighted by Gasteiger charge is 2.29. The molecule has 0 aliphatic heterocycles. The molecule has 1 aliphatic carbocycles. The topological polar surface area (TPSA) is 67.1 Å². The van der Waals surface area contributed by atoms with E-state index in [0.717, 1.165) is 31.0 Å². The van der Waals surface area contributed by atoms with Gasteiger partial charge in [-0.3, -0.25) is 0 Å². The van der Waals surface area contributed by atoms with Gasteiger partial charge < -0.3 is 10.3 Å². The Morgan fingerprint density at radius 1 is 1.41 bits per heavy atom. The van der Waals surface area contributed by atoms with Crippen LogP contribution in [0.5, 0.6) is 0 Å². The van der Waals surface area contributed by atoms with Gasteiger partial charge in [0.25, 0.3) is 0 Å². The summed E-state index contributed by atoms with van der Waals surface area (Å²) >= 11 is 0. The number of hydrazine groups is 1. The average molecular weight is 235 g/mol. The van der Waals surface area contributed by atoms with E-state index >= 15 is 0 Å². The van der Waals surface area contributed by atoms with E-state index in [1.807, 2.05) is 6.07 Å². The summed E-state index contributed by atoms with van der Waals surface area (Å²) in [6, 6.07) is 2.60. The van der Waals surface area contributed by atoms with Crippen LogP contribution in [-0.2, 0) is 6.42 Å². The maximum atomic E-state index is 5.45. The number of hydrogen-bond acceptors (Lipinski definition) is 5. The number of aromatic nitrogens is 2. The number of anilines is 2. The SMILES string of the molecule is CCCN(c1cc(NN)nc(CC)n1)C1CC1. The van der Waals surface area contributed by atoms with Crippen molar-refractivity contribution in [2.24, 2.45) is 5.84 Å². The van der Waals surface area contributed by atoms with Crippen LogP contribution in [0.1, 0.15) is 38.9 Å². The van der Waals surface area contributed by atoms with Gasteiger partial charge in [-0.1, -0.05) is 13.8 Å². The molecule has 1 aromatic heterocycles. The van der Waals surface area contributed by atoms with E-state index in [4.69, 9.17) is 5.84 Å². The Morgan fingerprint density at radius 2 is 2.18 bits per heavy atom. The van der Waals surface area contributed by atoms with Gasteiger partial charge in [-0.05, 0) is 19.3 Å². The van der Waals surface area contributed by atoms with Crippen molar-refractivity contribution >= 4 is 11.6 Å². The molecule has 1 aromatic rings. The Kier molecular flexibility index (Phi) is 3.78. The van der Waals surface area contributed by atoms with Crippen molar-refractivity contribution in [3.05, 3.63) is 11.9 Å². The normalized spacial score (nSPS) is 14.8. The second-order valence-electron chi connectivity index (χ2n) is 4.45. The summed E-state index contributed by atoms with van der Waals surface area (Å²) < 4.78 is 0. The van der Waals surface area contributed by atoms with E-state index in [2.05, 4.69) is 34.1 Å². The fourth-order valence-corrected chi connectivity index (χ4v) is 1.97. The van der Waals surface area contributed by atoms with E-state index in [-0.39, 0.29) is 0 Å². The van der Waals surface area contributed by atoms with Gasteiger partial charge in [-0.25, -0.2) is 15.8 Å². The molecule has 1 fully saturated rings. The molecule has 3 N–H and O–H groups in total. The Balaban J connectivity index is 2.27. The highest BCUT2D eigenvalue weighted by Crippen LogP contribution is 2.31. The van der Waals surface area contributed by atoms with Crippen LogP contribution in [0.2, 0.25) is 0 Å². The number of rotatable bonds is 6. The van der Waals surface area contributed by atoms with Crippen molar-refractivity contribution in [1.82, 2.24) is 9.97 Å². The van der Waals surface area contributed by atoms with E-state index in [0.29, 0.717) is 11.9 Å². The van der Waals surface area contributed by atoms with E-state index in [1.165, 1.54) is 12.8 Å². The van der Waals surface area contributed by atoms with E-state index in [1.54, 1.807) is 0 Å². The van der Waals surface area contributed by atoms with Gasteiger partial charge in [0, 0.05) is 25.1 Å². The first kappa shape index (κ1) is 12.1. The lowest BCUT2D eigenvalue weighted by Crippen LogP contribution is -2.28. The Morgan fingerprint density at radius 3 is 2.71 bits per heavy atom. The second-order valence-corrected chi connectivity index (χ2v) is 4.45. The molecule has 0 bridgehead atoms. The molecule has 1 heterocycles. The first-order valence-electron chi connectivity index (χ1n) is 6.39. The summed E-state index contributed by atoms with van der Waals surface area (Å²) in [6.45, 7) is 5.30. The van der Waals surface area contributed by atoms with Crippen LogP contribution in [0.3, 0.4) is 0 Å². The highest BCUT2D eigenvalue weighted by molar-refractivity contribution is 5.50. The first-order chi connectivity index (χ1) is 8.28. The molecule has 1 saturated carbocycles. The quantitative estimate of drug-likeness (QED) is 0.580. The first-order valence-corrected chi connectivity index (χ1v) is 6.39. The fraction of sp³-hybridized carbons (Fsp3) is 0.667. The largest absolute Gasteiger partial charge is 0.353 e. The molecule has 0 atom stereocenters. The van der Waals surface area contributed by atoms with Crippen LogP contribution in [0.25, 0.3) is 0 Å². The molecule has 0 saturated heterocycles. The summed E-state index contributed by atoms with van der Waals surface area (Å²) in [5.74, 6) is 8.00. The highest BCUT2D eigenvalue weighted by atomic mass is 15.3. The second kappa shape index (κ2) is 5.31. The number of nitrogens with one attached hydrogen (secondary N) is 1. The third-order valence-corrected chi connectivity index (χ3v) is 2.97. The summed E-state index contributed by atoms with van der Waals surface area (Å²) in [4.78, 5) is 11.3. The Hall–Kier alpha value is -1.36. The molecule has 5 heteroatoms. The molecule has 94 valence electrons. The molecule has 17 heavy (non-hydrogen) atoms. The van der Waals surface area contributed by atoms with Crippen molar-refractivity contribution in [1.29, 1.82) is 0 Å². The third-order valence-electron chi connectivity index (χ3n) is 2.97. The van der Waals surface area contributed by atoms with Crippen molar-refractivity contribution in [2.45, 2.75) is 45.6 Å².